The first kappa shape index (κ1) is 25.6. The first-order chi connectivity index (χ1) is 23.8. The molecule has 0 atom stereocenters. The van der Waals surface area contributed by atoms with E-state index >= 15 is 0 Å². The monoisotopic (exact) mass is 614 g/mol. The number of hydrogen-bond donors (Lipinski definition) is 0. The molecule has 0 spiro atoms. The number of nitrogens with zero attached hydrogens (tertiary/aromatic N) is 2. The maximum absolute atomic E-state index is 6.58. The molecule has 0 saturated heterocycles. The van der Waals surface area contributed by atoms with Gasteiger partial charge in [0.25, 0.3) is 0 Å². The summed E-state index contributed by atoms with van der Waals surface area (Å²) in [5.41, 5.74) is 11.5. The molecule has 11 rings (SSSR count). The molecule has 4 heteroatoms. The van der Waals surface area contributed by atoms with Gasteiger partial charge in [-0.25, -0.2) is 0 Å². The van der Waals surface area contributed by atoms with Crippen LogP contribution in [0.2, 0.25) is 0 Å². The van der Waals surface area contributed by atoms with Crippen molar-refractivity contribution in [2.24, 2.45) is 0 Å². The summed E-state index contributed by atoms with van der Waals surface area (Å²) in [4.78, 5) is 0. The van der Waals surface area contributed by atoms with Crippen molar-refractivity contribution >= 4 is 76.7 Å². The van der Waals surface area contributed by atoms with Gasteiger partial charge in [-0.2, -0.15) is 0 Å². The van der Waals surface area contributed by atoms with Crippen molar-refractivity contribution < 1.29 is 8.83 Å². The molecule has 0 bridgehead atoms. The minimum atomic E-state index is 0.857. The van der Waals surface area contributed by atoms with E-state index in [0.717, 1.165) is 72.0 Å². The Hall–Kier alpha value is -6.52. The summed E-state index contributed by atoms with van der Waals surface area (Å²) < 4.78 is 17.6. The highest BCUT2D eigenvalue weighted by Gasteiger charge is 2.22. The Balaban J connectivity index is 1.18. The van der Waals surface area contributed by atoms with Crippen LogP contribution in [-0.2, 0) is 0 Å². The Bertz CT molecular complexity index is 3010. The zero-order chi connectivity index (χ0) is 31.3. The molecule has 224 valence electrons. The molecule has 4 heterocycles. The van der Waals surface area contributed by atoms with Crippen LogP contribution < -0.4 is 0 Å². The molecule has 48 heavy (non-hydrogen) atoms. The van der Waals surface area contributed by atoms with Crippen LogP contribution in [-0.4, -0.2) is 9.13 Å². The lowest BCUT2D eigenvalue weighted by Crippen LogP contribution is -1.94. The molecule has 11 aromatic rings. The second-order valence-corrected chi connectivity index (χ2v) is 12.5. The van der Waals surface area contributed by atoms with Crippen molar-refractivity contribution in [2.45, 2.75) is 0 Å². The van der Waals surface area contributed by atoms with Crippen molar-refractivity contribution in [2.75, 3.05) is 0 Å². The summed E-state index contributed by atoms with van der Waals surface area (Å²) in [6, 6.07) is 55.8. The SMILES string of the molecule is c1ccc(-n2c3oc4ccccc4c3c3cccc(-c4ccc5oc6ccc(-n7c8ccccc8c8ccccc87)cc6c5c4)c32)cc1. The Morgan fingerprint density at radius 3 is 1.79 bits per heavy atom. The molecule has 0 N–H and O–H groups in total. The summed E-state index contributed by atoms with van der Waals surface area (Å²) in [5, 5.41) is 8.11. The zero-order valence-electron chi connectivity index (χ0n) is 25.7. The van der Waals surface area contributed by atoms with Gasteiger partial charge in [-0.15, -0.1) is 0 Å². The fourth-order valence-electron chi connectivity index (χ4n) is 7.87. The first-order valence-corrected chi connectivity index (χ1v) is 16.3. The van der Waals surface area contributed by atoms with Gasteiger partial charge in [0.1, 0.15) is 16.7 Å². The van der Waals surface area contributed by atoms with E-state index in [1.165, 1.54) is 27.2 Å². The molecule has 0 aliphatic heterocycles. The lowest BCUT2D eigenvalue weighted by atomic mass is 9.99. The lowest BCUT2D eigenvalue weighted by Gasteiger charge is -2.11. The van der Waals surface area contributed by atoms with E-state index in [9.17, 15) is 0 Å². The second kappa shape index (κ2) is 9.50. The Morgan fingerprint density at radius 2 is 1.00 bits per heavy atom. The zero-order valence-corrected chi connectivity index (χ0v) is 25.7. The predicted octanol–water partition coefficient (Wildman–Crippen LogP) is 12.2. The van der Waals surface area contributed by atoms with Gasteiger partial charge < -0.3 is 13.4 Å². The van der Waals surface area contributed by atoms with Crippen molar-refractivity contribution in [3.05, 3.63) is 158 Å². The molecule has 4 nitrogen and oxygen atoms in total. The van der Waals surface area contributed by atoms with E-state index in [2.05, 4.69) is 155 Å². The molecule has 0 fully saturated rings. The maximum atomic E-state index is 6.58. The number of para-hydroxylation sites is 5. The van der Waals surface area contributed by atoms with E-state index in [-0.39, 0.29) is 0 Å². The van der Waals surface area contributed by atoms with Gasteiger partial charge in [0.05, 0.1) is 21.9 Å². The van der Waals surface area contributed by atoms with E-state index in [4.69, 9.17) is 8.83 Å². The number of benzene rings is 7. The van der Waals surface area contributed by atoms with E-state index in [1.54, 1.807) is 0 Å². The number of hydrogen-bond acceptors (Lipinski definition) is 2. The highest BCUT2D eigenvalue weighted by atomic mass is 16.3. The van der Waals surface area contributed by atoms with Crippen LogP contribution in [0.15, 0.2) is 167 Å². The molecule has 0 aliphatic rings. The third-order valence-corrected chi connectivity index (χ3v) is 9.93. The largest absolute Gasteiger partial charge is 0.456 e. The third kappa shape index (κ3) is 3.43. The molecular weight excluding hydrogens is 588 g/mol. The quantitative estimate of drug-likeness (QED) is 0.198. The van der Waals surface area contributed by atoms with Crippen LogP contribution in [0.4, 0.5) is 0 Å². The molecular formula is C44H26N2O2. The third-order valence-electron chi connectivity index (χ3n) is 9.93. The van der Waals surface area contributed by atoms with Crippen molar-refractivity contribution in [3.8, 4) is 22.5 Å². The Labute approximate surface area is 274 Å². The second-order valence-electron chi connectivity index (χ2n) is 12.5. The standard InChI is InChI=1S/C44H26N2O2/c1-2-11-28(12-3-1)46-43-30(16-10-17-34(43)42-33-15-6-9-20-39(33)48-44(42)46)27-21-23-40-35(25-27)36-26-29(22-24-41(36)47-40)45-37-18-7-4-13-31(37)32-14-5-8-19-38(32)45/h1-26H. The highest BCUT2D eigenvalue weighted by molar-refractivity contribution is 6.22. The van der Waals surface area contributed by atoms with E-state index in [0.29, 0.717) is 0 Å². The van der Waals surface area contributed by atoms with E-state index < -0.39 is 0 Å². The Kier molecular flexibility index (Phi) is 5.08. The van der Waals surface area contributed by atoms with Gasteiger partial charge in [-0.3, -0.25) is 4.57 Å². The molecule has 0 saturated carbocycles. The summed E-state index contributed by atoms with van der Waals surface area (Å²) in [6.45, 7) is 0. The molecule has 0 radical (unpaired) electrons. The molecule has 0 amide bonds. The lowest BCUT2D eigenvalue weighted by molar-refractivity contribution is 0.645. The van der Waals surface area contributed by atoms with Crippen LogP contribution in [0.5, 0.6) is 0 Å². The van der Waals surface area contributed by atoms with Crippen LogP contribution in [0.3, 0.4) is 0 Å². The minimum absolute atomic E-state index is 0.857. The fourth-order valence-corrected chi connectivity index (χ4v) is 7.87. The minimum Gasteiger partial charge on any atom is -0.456 e. The van der Waals surface area contributed by atoms with Crippen LogP contribution in [0.25, 0.3) is 99.2 Å². The molecule has 7 aromatic carbocycles. The highest BCUT2D eigenvalue weighted by Crippen LogP contribution is 2.44. The Morgan fingerprint density at radius 1 is 0.375 bits per heavy atom. The van der Waals surface area contributed by atoms with E-state index in [1.807, 2.05) is 12.1 Å². The van der Waals surface area contributed by atoms with Gasteiger partial charge in [-0.05, 0) is 66.2 Å². The summed E-state index contributed by atoms with van der Waals surface area (Å²) in [5.74, 6) is 0. The van der Waals surface area contributed by atoms with Gasteiger partial charge in [0.2, 0.25) is 5.71 Å². The van der Waals surface area contributed by atoms with Crippen LogP contribution >= 0.6 is 0 Å². The summed E-state index contributed by atoms with van der Waals surface area (Å²) in [6.07, 6.45) is 0. The average molecular weight is 615 g/mol. The summed E-state index contributed by atoms with van der Waals surface area (Å²) in [7, 11) is 0. The van der Waals surface area contributed by atoms with Gasteiger partial charge in [-0.1, -0.05) is 97.1 Å². The molecule has 0 unspecified atom stereocenters. The number of rotatable bonds is 3. The topological polar surface area (TPSA) is 36.1 Å². The average Bonchev–Trinajstić information content (AvgIpc) is 3.88. The maximum Gasteiger partial charge on any atom is 0.213 e. The smallest absolute Gasteiger partial charge is 0.213 e. The van der Waals surface area contributed by atoms with Crippen LogP contribution in [0, 0.1) is 0 Å². The van der Waals surface area contributed by atoms with Gasteiger partial charge in [0.15, 0.2) is 0 Å². The predicted molar refractivity (Wildman–Crippen MR) is 198 cm³/mol. The number of fused-ring (bicyclic) bond motifs is 11. The first-order valence-electron chi connectivity index (χ1n) is 16.3. The fraction of sp³-hybridized carbons (Fsp3) is 0. The summed E-state index contributed by atoms with van der Waals surface area (Å²) >= 11 is 0. The van der Waals surface area contributed by atoms with Crippen molar-refractivity contribution in [1.29, 1.82) is 0 Å². The van der Waals surface area contributed by atoms with Gasteiger partial charge in [0, 0.05) is 49.3 Å². The molecule has 0 aliphatic carbocycles. The number of aromatic nitrogens is 2. The number of furan rings is 2. The normalized spacial score (nSPS) is 12.2. The van der Waals surface area contributed by atoms with Crippen molar-refractivity contribution in [3.63, 3.8) is 0 Å². The van der Waals surface area contributed by atoms with Crippen molar-refractivity contribution in [1.82, 2.24) is 9.13 Å². The molecule has 4 aromatic heterocycles. The van der Waals surface area contributed by atoms with Gasteiger partial charge >= 0.3 is 0 Å². The van der Waals surface area contributed by atoms with Crippen LogP contribution in [0.1, 0.15) is 0 Å².